The molecule has 0 heterocycles. The predicted molar refractivity (Wildman–Crippen MR) is 48.8 cm³/mol. The van der Waals surface area contributed by atoms with Gasteiger partial charge in [0, 0.05) is 0 Å². The van der Waals surface area contributed by atoms with E-state index in [4.69, 9.17) is 4.74 Å². The molecule has 0 aliphatic carbocycles. The van der Waals surface area contributed by atoms with Gasteiger partial charge in [0.25, 0.3) is 0 Å². The smallest absolute Gasteiger partial charge is 0.319 e. The highest BCUT2D eigenvalue weighted by molar-refractivity contribution is 9.10. The number of hydrogen-bond donors (Lipinski definition) is 0. The Morgan fingerprint density at radius 2 is 2.09 bits per heavy atom. The molecule has 0 saturated carbocycles. The highest BCUT2D eigenvalue weighted by atomic mass is 79.9. The first-order valence-electron chi connectivity index (χ1n) is 3.88. The Labute approximate surface area is 76.4 Å². The van der Waals surface area contributed by atoms with Crippen LogP contribution in [0.4, 0.5) is 0 Å². The van der Waals surface area contributed by atoms with Gasteiger partial charge >= 0.3 is 5.97 Å². The standard InChI is InChI=1S/C8H15BrO2/c1-4-11-8(10)7(9)5-6(2)3/h6-7H,4-5H2,1-3H3/t7-/m1/s1. The third-order valence-corrected chi connectivity index (χ3v) is 1.97. The second-order valence-electron chi connectivity index (χ2n) is 2.85. The van der Waals surface area contributed by atoms with E-state index in [9.17, 15) is 4.79 Å². The molecule has 0 aromatic heterocycles. The summed E-state index contributed by atoms with van der Waals surface area (Å²) in [7, 11) is 0. The zero-order valence-electron chi connectivity index (χ0n) is 7.26. The SMILES string of the molecule is CCOC(=O)[C@H](Br)CC(C)C. The van der Waals surface area contributed by atoms with E-state index in [1.807, 2.05) is 6.92 Å². The quantitative estimate of drug-likeness (QED) is 0.540. The van der Waals surface area contributed by atoms with E-state index in [0.717, 1.165) is 6.42 Å². The maximum absolute atomic E-state index is 11.0. The van der Waals surface area contributed by atoms with Crippen molar-refractivity contribution < 1.29 is 9.53 Å². The molecule has 11 heavy (non-hydrogen) atoms. The number of halogens is 1. The second kappa shape index (κ2) is 5.58. The van der Waals surface area contributed by atoms with Gasteiger partial charge in [-0.15, -0.1) is 0 Å². The highest BCUT2D eigenvalue weighted by Crippen LogP contribution is 2.13. The number of carbonyl (C=O) groups excluding carboxylic acids is 1. The normalized spacial score (nSPS) is 13.2. The van der Waals surface area contributed by atoms with Gasteiger partial charge in [0.15, 0.2) is 0 Å². The first kappa shape index (κ1) is 11.0. The Bertz CT molecular complexity index is 123. The molecular formula is C8H15BrO2. The largest absolute Gasteiger partial charge is 0.465 e. The molecule has 0 rings (SSSR count). The molecule has 0 N–H and O–H groups in total. The molecule has 0 aliphatic heterocycles. The van der Waals surface area contributed by atoms with Gasteiger partial charge in [-0.1, -0.05) is 29.8 Å². The lowest BCUT2D eigenvalue weighted by Gasteiger charge is -2.10. The lowest BCUT2D eigenvalue weighted by Crippen LogP contribution is -2.18. The third-order valence-electron chi connectivity index (χ3n) is 1.22. The first-order valence-corrected chi connectivity index (χ1v) is 4.80. The van der Waals surface area contributed by atoms with Crippen LogP contribution in [0.5, 0.6) is 0 Å². The summed E-state index contributed by atoms with van der Waals surface area (Å²) in [6.45, 7) is 6.42. The molecule has 0 spiro atoms. The van der Waals surface area contributed by atoms with Crippen LogP contribution in [-0.2, 0) is 9.53 Å². The number of alkyl halides is 1. The Kier molecular flexibility index (Phi) is 5.56. The Balaban J connectivity index is 3.64. The van der Waals surface area contributed by atoms with Gasteiger partial charge in [-0.05, 0) is 19.3 Å². The van der Waals surface area contributed by atoms with E-state index >= 15 is 0 Å². The Morgan fingerprint density at radius 1 is 1.55 bits per heavy atom. The molecule has 0 aliphatic rings. The van der Waals surface area contributed by atoms with Gasteiger partial charge in [0.05, 0.1) is 6.61 Å². The molecule has 2 nitrogen and oxygen atoms in total. The number of rotatable bonds is 4. The van der Waals surface area contributed by atoms with Crippen LogP contribution in [0.15, 0.2) is 0 Å². The van der Waals surface area contributed by atoms with Crippen LogP contribution in [0.25, 0.3) is 0 Å². The third kappa shape index (κ3) is 5.24. The summed E-state index contributed by atoms with van der Waals surface area (Å²) < 4.78 is 4.82. The molecule has 0 aromatic carbocycles. The van der Waals surface area contributed by atoms with Gasteiger partial charge in [-0.2, -0.15) is 0 Å². The van der Waals surface area contributed by atoms with Crippen molar-refractivity contribution in [2.75, 3.05) is 6.61 Å². The first-order chi connectivity index (χ1) is 5.07. The van der Waals surface area contributed by atoms with Gasteiger partial charge in [0.2, 0.25) is 0 Å². The van der Waals surface area contributed by atoms with Crippen LogP contribution in [0.3, 0.4) is 0 Å². The van der Waals surface area contributed by atoms with Crippen LogP contribution in [0, 0.1) is 5.92 Å². The zero-order chi connectivity index (χ0) is 8.85. The van der Waals surface area contributed by atoms with Crippen LogP contribution < -0.4 is 0 Å². The van der Waals surface area contributed by atoms with E-state index < -0.39 is 0 Å². The number of carbonyl (C=O) groups is 1. The van der Waals surface area contributed by atoms with Crippen molar-refractivity contribution >= 4 is 21.9 Å². The molecule has 0 aromatic rings. The van der Waals surface area contributed by atoms with Crippen LogP contribution >= 0.6 is 15.9 Å². The number of ether oxygens (including phenoxy) is 1. The summed E-state index contributed by atoms with van der Waals surface area (Å²) in [5, 5.41) is 0. The average Bonchev–Trinajstić information content (AvgIpc) is 1.86. The van der Waals surface area contributed by atoms with E-state index in [0.29, 0.717) is 12.5 Å². The lowest BCUT2D eigenvalue weighted by atomic mass is 10.1. The highest BCUT2D eigenvalue weighted by Gasteiger charge is 2.16. The van der Waals surface area contributed by atoms with Crippen molar-refractivity contribution in [1.29, 1.82) is 0 Å². The van der Waals surface area contributed by atoms with Crippen molar-refractivity contribution in [1.82, 2.24) is 0 Å². The maximum atomic E-state index is 11.0. The van der Waals surface area contributed by atoms with Crippen molar-refractivity contribution in [3.8, 4) is 0 Å². The maximum Gasteiger partial charge on any atom is 0.319 e. The predicted octanol–water partition coefficient (Wildman–Crippen LogP) is 2.36. The van der Waals surface area contributed by atoms with Crippen LogP contribution in [-0.4, -0.2) is 17.4 Å². The van der Waals surface area contributed by atoms with E-state index in [1.54, 1.807) is 0 Å². The minimum Gasteiger partial charge on any atom is -0.465 e. The molecule has 0 saturated heterocycles. The summed E-state index contributed by atoms with van der Waals surface area (Å²) in [5.74, 6) is 0.366. The zero-order valence-corrected chi connectivity index (χ0v) is 8.85. The minimum atomic E-state index is -0.152. The average molecular weight is 223 g/mol. The summed E-state index contributed by atoms with van der Waals surface area (Å²) in [6, 6.07) is 0. The fourth-order valence-corrected chi connectivity index (χ4v) is 1.62. The summed E-state index contributed by atoms with van der Waals surface area (Å²) in [5.41, 5.74) is 0. The van der Waals surface area contributed by atoms with Gasteiger partial charge in [0.1, 0.15) is 4.83 Å². The fraction of sp³-hybridized carbons (Fsp3) is 0.875. The molecule has 0 bridgehead atoms. The molecule has 0 unspecified atom stereocenters. The topological polar surface area (TPSA) is 26.3 Å². The fourth-order valence-electron chi connectivity index (χ4n) is 0.743. The number of hydrogen-bond acceptors (Lipinski definition) is 2. The molecular weight excluding hydrogens is 208 g/mol. The van der Waals surface area contributed by atoms with Gasteiger partial charge in [-0.25, -0.2) is 0 Å². The van der Waals surface area contributed by atoms with E-state index in [-0.39, 0.29) is 10.8 Å². The van der Waals surface area contributed by atoms with E-state index in [1.165, 1.54) is 0 Å². The van der Waals surface area contributed by atoms with E-state index in [2.05, 4.69) is 29.8 Å². The monoisotopic (exact) mass is 222 g/mol. The molecule has 1 atom stereocenters. The lowest BCUT2D eigenvalue weighted by molar-refractivity contribution is -0.142. The molecule has 0 radical (unpaired) electrons. The van der Waals surface area contributed by atoms with Gasteiger partial charge in [-0.3, -0.25) is 4.79 Å². The van der Waals surface area contributed by atoms with Crippen molar-refractivity contribution in [3.63, 3.8) is 0 Å². The summed E-state index contributed by atoms with van der Waals surface area (Å²) in [6.07, 6.45) is 0.832. The van der Waals surface area contributed by atoms with Crippen LogP contribution in [0.2, 0.25) is 0 Å². The molecule has 66 valence electrons. The summed E-state index contributed by atoms with van der Waals surface area (Å²) in [4.78, 5) is 10.9. The molecule has 0 fully saturated rings. The van der Waals surface area contributed by atoms with Crippen molar-refractivity contribution in [2.45, 2.75) is 32.0 Å². The molecule has 3 heteroatoms. The van der Waals surface area contributed by atoms with Crippen LogP contribution in [0.1, 0.15) is 27.2 Å². The molecule has 0 amide bonds. The Hall–Kier alpha value is -0.0500. The van der Waals surface area contributed by atoms with Crippen molar-refractivity contribution in [2.24, 2.45) is 5.92 Å². The Morgan fingerprint density at radius 3 is 2.45 bits per heavy atom. The van der Waals surface area contributed by atoms with Crippen molar-refractivity contribution in [3.05, 3.63) is 0 Å². The number of esters is 1. The summed E-state index contributed by atoms with van der Waals surface area (Å²) >= 11 is 3.27. The minimum absolute atomic E-state index is 0.137. The second-order valence-corrected chi connectivity index (χ2v) is 3.95. The van der Waals surface area contributed by atoms with Gasteiger partial charge < -0.3 is 4.74 Å².